The molecule has 1 saturated heterocycles. The van der Waals surface area contributed by atoms with Gasteiger partial charge in [0.2, 0.25) is 0 Å². The molecular weight excluding hydrogens is 353 g/mol. The molecule has 1 amide bonds. The number of non-ortho nitro benzene ring substituents is 1. The average molecular weight is 373 g/mol. The van der Waals surface area contributed by atoms with Gasteiger partial charge >= 0.3 is 0 Å². The molecule has 0 aromatic heterocycles. The minimum atomic E-state index is -0.511. The Morgan fingerprint density at radius 3 is 2.52 bits per heavy atom. The number of benzene rings is 2. The molecule has 8 heteroatoms. The van der Waals surface area contributed by atoms with E-state index in [1.807, 2.05) is 0 Å². The number of carbonyl (C=O) groups excluding carboxylic acids is 1. The minimum absolute atomic E-state index is 0.0577. The number of nitro groups is 1. The van der Waals surface area contributed by atoms with E-state index in [4.69, 9.17) is 4.74 Å². The Hall–Kier alpha value is -3.16. The number of anilines is 2. The quantitative estimate of drug-likeness (QED) is 0.616. The van der Waals surface area contributed by atoms with Crippen molar-refractivity contribution in [3.05, 3.63) is 58.4 Å². The summed E-state index contributed by atoms with van der Waals surface area (Å²) in [6.07, 6.45) is 3.30. The summed E-state index contributed by atoms with van der Waals surface area (Å²) >= 11 is 0. The predicted molar refractivity (Wildman–Crippen MR) is 99.7 cm³/mol. The van der Waals surface area contributed by atoms with Crippen LogP contribution in [-0.2, 0) is 4.79 Å². The van der Waals surface area contributed by atoms with E-state index < -0.39 is 16.6 Å². The van der Waals surface area contributed by atoms with Crippen LogP contribution >= 0.6 is 0 Å². The maximum absolute atomic E-state index is 13.7. The smallest absolute Gasteiger partial charge is 0.269 e. The van der Waals surface area contributed by atoms with Crippen LogP contribution in [0, 0.1) is 15.9 Å². The number of nitrogens with zero attached hydrogens (tertiary/aromatic N) is 2. The Morgan fingerprint density at radius 1 is 1.15 bits per heavy atom. The topological polar surface area (TPSA) is 84.7 Å². The molecule has 1 N–H and O–H groups in total. The number of hydrogen-bond donors (Lipinski definition) is 1. The maximum atomic E-state index is 13.7. The van der Waals surface area contributed by atoms with Crippen LogP contribution in [0.25, 0.3) is 0 Å². The number of amides is 1. The third-order valence-electron chi connectivity index (χ3n) is 4.35. The first-order chi connectivity index (χ1) is 13.0. The lowest BCUT2D eigenvalue weighted by Gasteiger charge is -2.30. The fraction of sp³-hybridized carbons (Fsp3) is 0.316. The molecule has 0 atom stereocenters. The number of nitro benzene ring substituents is 1. The van der Waals surface area contributed by atoms with Gasteiger partial charge in [0.05, 0.1) is 16.3 Å². The van der Waals surface area contributed by atoms with Crippen LogP contribution in [0.3, 0.4) is 0 Å². The third-order valence-corrected chi connectivity index (χ3v) is 4.35. The molecular formula is C19H20FN3O4. The van der Waals surface area contributed by atoms with Crippen molar-refractivity contribution in [3.63, 3.8) is 0 Å². The van der Waals surface area contributed by atoms with Crippen LogP contribution in [0.15, 0.2) is 42.5 Å². The molecule has 2 aromatic rings. The maximum Gasteiger partial charge on any atom is 0.269 e. The van der Waals surface area contributed by atoms with Crippen LogP contribution in [0.1, 0.15) is 19.3 Å². The largest absolute Gasteiger partial charge is 0.484 e. The first kappa shape index (κ1) is 18.6. The molecule has 1 aliphatic rings. The van der Waals surface area contributed by atoms with Crippen molar-refractivity contribution in [1.82, 2.24) is 0 Å². The van der Waals surface area contributed by atoms with E-state index in [-0.39, 0.29) is 12.3 Å². The van der Waals surface area contributed by atoms with Crippen LogP contribution in [0.5, 0.6) is 5.75 Å². The van der Waals surface area contributed by atoms with E-state index >= 15 is 0 Å². The lowest BCUT2D eigenvalue weighted by atomic mass is 10.1. The van der Waals surface area contributed by atoms with Gasteiger partial charge in [-0.3, -0.25) is 14.9 Å². The van der Waals surface area contributed by atoms with E-state index in [9.17, 15) is 19.3 Å². The lowest BCUT2D eigenvalue weighted by Crippen LogP contribution is -2.31. The Kier molecular flexibility index (Phi) is 5.85. The lowest BCUT2D eigenvalue weighted by molar-refractivity contribution is -0.384. The third kappa shape index (κ3) is 4.93. The van der Waals surface area contributed by atoms with E-state index in [1.54, 1.807) is 6.07 Å². The van der Waals surface area contributed by atoms with Crippen molar-refractivity contribution in [2.75, 3.05) is 29.9 Å². The first-order valence-corrected chi connectivity index (χ1v) is 8.74. The summed E-state index contributed by atoms with van der Waals surface area (Å²) in [5.74, 6) is -0.522. The van der Waals surface area contributed by atoms with Crippen molar-refractivity contribution >= 4 is 23.0 Å². The Morgan fingerprint density at radius 2 is 1.85 bits per heavy atom. The van der Waals surface area contributed by atoms with E-state index in [0.29, 0.717) is 11.4 Å². The van der Waals surface area contributed by atoms with Gasteiger partial charge in [0, 0.05) is 25.2 Å². The van der Waals surface area contributed by atoms with E-state index in [0.717, 1.165) is 31.6 Å². The molecule has 142 valence electrons. The van der Waals surface area contributed by atoms with Gasteiger partial charge in [-0.25, -0.2) is 4.39 Å². The second-order valence-corrected chi connectivity index (χ2v) is 6.30. The van der Waals surface area contributed by atoms with Crippen LogP contribution < -0.4 is 15.0 Å². The summed E-state index contributed by atoms with van der Waals surface area (Å²) in [7, 11) is 0. The van der Waals surface area contributed by atoms with Crippen molar-refractivity contribution < 1.29 is 18.8 Å². The van der Waals surface area contributed by atoms with Gasteiger partial charge < -0.3 is 15.0 Å². The second-order valence-electron chi connectivity index (χ2n) is 6.30. The zero-order valence-corrected chi connectivity index (χ0v) is 14.7. The van der Waals surface area contributed by atoms with E-state index in [1.165, 1.54) is 42.8 Å². The van der Waals surface area contributed by atoms with Gasteiger partial charge in [0.1, 0.15) is 11.6 Å². The summed E-state index contributed by atoms with van der Waals surface area (Å²) in [4.78, 5) is 24.5. The molecule has 2 aromatic carbocycles. The van der Waals surface area contributed by atoms with Crippen molar-refractivity contribution in [3.8, 4) is 5.75 Å². The highest BCUT2D eigenvalue weighted by Crippen LogP contribution is 2.29. The van der Waals surface area contributed by atoms with E-state index in [2.05, 4.69) is 10.2 Å². The molecule has 0 saturated carbocycles. The molecule has 0 bridgehead atoms. The highest BCUT2D eigenvalue weighted by Gasteiger charge is 2.17. The molecule has 27 heavy (non-hydrogen) atoms. The van der Waals surface area contributed by atoms with Crippen molar-refractivity contribution in [2.45, 2.75) is 19.3 Å². The average Bonchev–Trinajstić information content (AvgIpc) is 2.67. The number of nitrogens with one attached hydrogen (secondary N) is 1. The second kappa shape index (κ2) is 8.48. The Balaban J connectivity index is 1.63. The van der Waals surface area contributed by atoms with Crippen LogP contribution in [-0.4, -0.2) is 30.5 Å². The summed E-state index contributed by atoms with van der Waals surface area (Å²) in [5.41, 5.74) is 1.15. The Bertz CT molecular complexity index is 820. The zero-order valence-electron chi connectivity index (χ0n) is 14.7. The number of carbonyl (C=O) groups is 1. The van der Waals surface area contributed by atoms with Crippen LogP contribution in [0.4, 0.5) is 21.5 Å². The molecule has 1 aliphatic heterocycles. The molecule has 3 rings (SSSR count). The fourth-order valence-corrected chi connectivity index (χ4v) is 3.02. The highest BCUT2D eigenvalue weighted by atomic mass is 19.1. The summed E-state index contributed by atoms with van der Waals surface area (Å²) in [6.45, 7) is 1.45. The van der Waals surface area contributed by atoms with Gasteiger partial charge in [-0.2, -0.15) is 0 Å². The monoisotopic (exact) mass is 373 g/mol. The number of ether oxygens (including phenoxy) is 1. The normalized spacial score (nSPS) is 13.9. The van der Waals surface area contributed by atoms with Gasteiger partial charge in [0.25, 0.3) is 11.6 Å². The Labute approximate surface area is 155 Å². The summed E-state index contributed by atoms with van der Waals surface area (Å²) < 4.78 is 19.0. The van der Waals surface area contributed by atoms with Gasteiger partial charge in [0.15, 0.2) is 6.61 Å². The molecule has 0 spiro atoms. The molecule has 0 unspecified atom stereocenters. The standard InChI is InChI=1S/C19H20FN3O4/c20-14-4-9-18(22-10-2-1-3-11-22)17(12-14)21-19(24)13-27-16-7-5-15(6-8-16)23(25)26/h4-9,12H,1-3,10-11,13H2,(H,21,24). The van der Waals surface area contributed by atoms with Gasteiger partial charge in [-0.1, -0.05) is 0 Å². The number of hydrogen-bond acceptors (Lipinski definition) is 5. The number of halogens is 1. The molecule has 7 nitrogen and oxygen atoms in total. The number of rotatable bonds is 6. The first-order valence-electron chi connectivity index (χ1n) is 8.74. The zero-order chi connectivity index (χ0) is 19.2. The SMILES string of the molecule is O=C(COc1ccc([N+](=O)[O-])cc1)Nc1cc(F)ccc1N1CCCCC1. The molecule has 1 fully saturated rings. The summed E-state index contributed by atoms with van der Waals surface area (Å²) in [5, 5.41) is 13.3. The molecule has 1 heterocycles. The fourth-order valence-electron chi connectivity index (χ4n) is 3.02. The van der Waals surface area contributed by atoms with Gasteiger partial charge in [-0.05, 0) is 49.6 Å². The van der Waals surface area contributed by atoms with Crippen LogP contribution in [0.2, 0.25) is 0 Å². The number of piperidine rings is 1. The molecule has 0 radical (unpaired) electrons. The predicted octanol–water partition coefficient (Wildman–Crippen LogP) is 3.74. The van der Waals surface area contributed by atoms with Gasteiger partial charge in [-0.15, -0.1) is 0 Å². The van der Waals surface area contributed by atoms with Crippen molar-refractivity contribution in [1.29, 1.82) is 0 Å². The minimum Gasteiger partial charge on any atom is -0.484 e. The highest BCUT2D eigenvalue weighted by molar-refractivity contribution is 5.95. The van der Waals surface area contributed by atoms with Crippen molar-refractivity contribution in [2.24, 2.45) is 0 Å². The summed E-state index contributed by atoms with van der Waals surface area (Å²) in [6, 6.07) is 9.80. The molecule has 0 aliphatic carbocycles.